The van der Waals surface area contributed by atoms with Crippen LogP contribution in [0.3, 0.4) is 0 Å². The van der Waals surface area contributed by atoms with Crippen LogP contribution in [0.15, 0.2) is 146 Å². The van der Waals surface area contributed by atoms with Gasteiger partial charge in [0.2, 0.25) is 0 Å². The highest BCUT2D eigenvalue weighted by molar-refractivity contribution is 6.10. The number of hydrogen-bond acceptors (Lipinski definition) is 0. The number of nitrogens with zero attached hydrogens (tertiary/aromatic N) is 2. The van der Waals surface area contributed by atoms with E-state index in [2.05, 4.69) is 155 Å². The Bertz CT molecular complexity index is 1860. The lowest BCUT2D eigenvalue weighted by molar-refractivity contribution is 1.13. The zero-order chi connectivity index (χ0) is 27.8. The third kappa shape index (κ3) is 4.20. The SMILES string of the molecule is CC.c1ccc2c(c1)c1ccccc1n2-c1ccc(Cc2ccc(-n3c4ccccc4c4ccccc43)cc2)cc1. The molecule has 8 aromatic rings. The molecule has 6 aromatic carbocycles. The first kappa shape index (κ1) is 24.9. The van der Waals surface area contributed by atoms with Crippen molar-refractivity contribution in [2.75, 3.05) is 0 Å². The van der Waals surface area contributed by atoms with Gasteiger partial charge in [-0.1, -0.05) is 111 Å². The minimum atomic E-state index is 0.904. The van der Waals surface area contributed by atoms with Crippen LogP contribution in [-0.2, 0) is 6.42 Å². The number of benzene rings is 6. The number of para-hydroxylation sites is 4. The second kappa shape index (κ2) is 10.5. The van der Waals surface area contributed by atoms with E-state index >= 15 is 0 Å². The van der Waals surface area contributed by atoms with Crippen molar-refractivity contribution >= 4 is 43.6 Å². The highest BCUT2D eigenvalue weighted by atomic mass is 15.0. The van der Waals surface area contributed by atoms with Gasteiger partial charge in [-0.25, -0.2) is 0 Å². The fourth-order valence-electron chi connectivity index (χ4n) is 6.16. The number of hydrogen-bond donors (Lipinski definition) is 0. The summed E-state index contributed by atoms with van der Waals surface area (Å²) in [5.41, 5.74) is 9.97. The molecule has 0 radical (unpaired) electrons. The first-order chi connectivity index (χ1) is 20.3. The highest BCUT2D eigenvalue weighted by Gasteiger charge is 2.13. The van der Waals surface area contributed by atoms with Crippen molar-refractivity contribution in [2.45, 2.75) is 20.3 Å². The van der Waals surface area contributed by atoms with Crippen molar-refractivity contribution in [3.05, 3.63) is 157 Å². The first-order valence-corrected chi connectivity index (χ1v) is 14.5. The maximum Gasteiger partial charge on any atom is 0.0541 e. The molecule has 0 aliphatic carbocycles. The molecule has 0 aliphatic rings. The molecule has 2 heteroatoms. The molecular formula is C39H32N2. The molecule has 0 amide bonds. The van der Waals surface area contributed by atoms with E-state index in [0.717, 1.165) is 6.42 Å². The van der Waals surface area contributed by atoms with Crippen LogP contribution in [-0.4, -0.2) is 9.13 Å². The van der Waals surface area contributed by atoms with Crippen LogP contribution in [0.1, 0.15) is 25.0 Å². The van der Waals surface area contributed by atoms with E-state index in [-0.39, 0.29) is 0 Å². The zero-order valence-corrected chi connectivity index (χ0v) is 23.5. The van der Waals surface area contributed by atoms with E-state index in [4.69, 9.17) is 0 Å². The number of fused-ring (bicyclic) bond motifs is 6. The predicted octanol–water partition coefficient (Wildman–Crippen LogP) is 10.5. The summed E-state index contributed by atoms with van der Waals surface area (Å²) in [6.07, 6.45) is 0.904. The molecule has 2 aromatic heterocycles. The van der Waals surface area contributed by atoms with Crippen LogP contribution < -0.4 is 0 Å². The zero-order valence-electron chi connectivity index (χ0n) is 23.5. The summed E-state index contributed by atoms with van der Waals surface area (Å²) in [5, 5.41) is 5.17. The Morgan fingerprint density at radius 2 is 0.610 bits per heavy atom. The van der Waals surface area contributed by atoms with Gasteiger partial charge in [-0.15, -0.1) is 0 Å². The van der Waals surface area contributed by atoms with Crippen LogP contribution in [0.2, 0.25) is 0 Å². The molecule has 0 unspecified atom stereocenters. The van der Waals surface area contributed by atoms with Crippen LogP contribution >= 0.6 is 0 Å². The lowest BCUT2D eigenvalue weighted by Crippen LogP contribution is -1.96. The van der Waals surface area contributed by atoms with E-state index in [9.17, 15) is 0 Å². The molecule has 0 fully saturated rings. The second-order valence-electron chi connectivity index (χ2n) is 10.2. The third-order valence-corrected chi connectivity index (χ3v) is 7.96. The lowest BCUT2D eigenvalue weighted by Gasteiger charge is -2.11. The highest BCUT2D eigenvalue weighted by Crippen LogP contribution is 2.33. The molecule has 198 valence electrons. The summed E-state index contributed by atoms with van der Waals surface area (Å²) in [4.78, 5) is 0. The van der Waals surface area contributed by atoms with Crippen molar-refractivity contribution in [1.29, 1.82) is 0 Å². The Kier molecular flexibility index (Phi) is 6.37. The summed E-state index contributed by atoms with van der Waals surface area (Å²) >= 11 is 0. The van der Waals surface area contributed by atoms with Crippen LogP contribution in [0.25, 0.3) is 55.0 Å². The van der Waals surface area contributed by atoms with Crippen LogP contribution in [0, 0.1) is 0 Å². The van der Waals surface area contributed by atoms with Crippen LogP contribution in [0.4, 0.5) is 0 Å². The van der Waals surface area contributed by atoms with Crippen molar-refractivity contribution in [1.82, 2.24) is 9.13 Å². The molecule has 41 heavy (non-hydrogen) atoms. The molecule has 0 spiro atoms. The summed E-state index contributed by atoms with van der Waals surface area (Å²) < 4.78 is 4.74. The summed E-state index contributed by atoms with van der Waals surface area (Å²) in [5.74, 6) is 0. The minimum absolute atomic E-state index is 0.904. The molecule has 0 atom stereocenters. The number of aromatic nitrogens is 2. The third-order valence-electron chi connectivity index (χ3n) is 7.96. The van der Waals surface area contributed by atoms with Gasteiger partial charge in [0.25, 0.3) is 0 Å². The quantitative estimate of drug-likeness (QED) is 0.215. The van der Waals surface area contributed by atoms with Crippen molar-refractivity contribution in [3.8, 4) is 11.4 Å². The Morgan fingerprint density at radius 1 is 0.341 bits per heavy atom. The topological polar surface area (TPSA) is 9.86 Å². The van der Waals surface area contributed by atoms with E-state index in [0.29, 0.717) is 0 Å². The largest absolute Gasteiger partial charge is 0.309 e. The van der Waals surface area contributed by atoms with Gasteiger partial charge in [0.1, 0.15) is 0 Å². The van der Waals surface area contributed by atoms with Crippen molar-refractivity contribution in [3.63, 3.8) is 0 Å². The average Bonchev–Trinajstić information content (AvgIpc) is 3.56. The predicted molar refractivity (Wildman–Crippen MR) is 176 cm³/mol. The van der Waals surface area contributed by atoms with Gasteiger partial charge in [-0.05, 0) is 66.1 Å². The fourth-order valence-corrected chi connectivity index (χ4v) is 6.16. The summed E-state index contributed by atoms with van der Waals surface area (Å²) in [6, 6.07) is 52.7. The Balaban J connectivity index is 0.00000135. The maximum absolute atomic E-state index is 2.37. The minimum Gasteiger partial charge on any atom is -0.309 e. The van der Waals surface area contributed by atoms with E-state index in [1.165, 1.54) is 66.1 Å². The Hall–Kier alpha value is -5.08. The van der Waals surface area contributed by atoms with Crippen LogP contribution in [0.5, 0.6) is 0 Å². The van der Waals surface area contributed by atoms with Gasteiger partial charge in [0.15, 0.2) is 0 Å². The molecule has 8 rings (SSSR count). The van der Waals surface area contributed by atoms with Crippen molar-refractivity contribution in [2.24, 2.45) is 0 Å². The standard InChI is InChI=1S/C37H26N2.C2H6/c1-5-13-34-30(9-1)31-10-2-6-14-35(31)38(34)28-21-17-26(18-22-28)25-27-19-23-29(24-20-27)39-36-15-7-3-11-32(36)33-12-4-8-16-37(33)39;1-2/h1-24H,25H2;1-2H3. The summed E-state index contributed by atoms with van der Waals surface area (Å²) in [7, 11) is 0. The van der Waals surface area contributed by atoms with E-state index in [1.807, 2.05) is 13.8 Å². The average molecular weight is 529 g/mol. The molecule has 2 heterocycles. The second-order valence-corrected chi connectivity index (χ2v) is 10.2. The fraction of sp³-hybridized carbons (Fsp3) is 0.0769. The molecule has 0 saturated carbocycles. The molecule has 0 bridgehead atoms. The molecular weight excluding hydrogens is 496 g/mol. The Morgan fingerprint density at radius 3 is 0.902 bits per heavy atom. The Labute approximate surface area is 240 Å². The van der Waals surface area contributed by atoms with Gasteiger partial charge in [-0.3, -0.25) is 0 Å². The normalized spacial score (nSPS) is 11.3. The smallest absolute Gasteiger partial charge is 0.0541 e. The van der Waals surface area contributed by atoms with Gasteiger partial charge < -0.3 is 9.13 Å². The van der Waals surface area contributed by atoms with Gasteiger partial charge in [0, 0.05) is 32.9 Å². The van der Waals surface area contributed by atoms with E-state index < -0.39 is 0 Å². The molecule has 0 N–H and O–H groups in total. The van der Waals surface area contributed by atoms with Crippen molar-refractivity contribution < 1.29 is 0 Å². The lowest BCUT2D eigenvalue weighted by atomic mass is 10.0. The first-order valence-electron chi connectivity index (χ1n) is 14.5. The van der Waals surface area contributed by atoms with Gasteiger partial charge in [-0.2, -0.15) is 0 Å². The van der Waals surface area contributed by atoms with Gasteiger partial charge >= 0.3 is 0 Å². The summed E-state index contributed by atoms with van der Waals surface area (Å²) in [6.45, 7) is 4.00. The van der Waals surface area contributed by atoms with Gasteiger partial charge in [0.05, 0.1) is 22.1 Å². The molecule has 0 aliphatic heterocycles. The maximum atomic E-state index is 2.37. The van der Waals surface area contributed by atoms with E-state index in [1.54, 1.807) is 0 Å². The molecule has 2 nitrogen and oxygen atoms in total. The monoisotopic (exact) mass is 528 g/mol. The number of rotatable bonds is 4. The molecule has 0 saturated heterocycles.